The van der Waals surface area contributed by atoms with Gasteiger partial charge < -0.3 is 10.6 Å². The zero-order valence-corrected chi connectivity index (χ0v) is 13.9. The molecule has 0 fully saturated rings. The molecule has 6 heteroatoms. The van der Waals surface area contributed by atoms with Gasteiger partial charge in [-0.05, 0) is 48.2 Å². The van der Waals surface area contributed by atoms with Crippen LogP contribution in [0.1, 0.15) is 13.3 Å². The zero-order valence-electron chi connectivity index (χ0n) is 11.8. The molecule has 0 aliphatic rings. The summed E-state index contributed by atoms with van der Waals surface area (Å²) >= 11 is 2.17. The summed E-state index contributed by atoms with van der Waals surface area (Å²) in [5.74, 6) is -0.184. The Bertz CT molecular complexity index is 465. The molecule has 0 aliphatic carbocycles. The molecule has 0 atom stereocenters. The lowest BCUT2D eigenvalue weighted by Gasteiger charge is -2.16. The molecule has 0 radical (unpaired) electrons. The summed E-state index contributed by atoms with van der Waals surface area (Å²) in [6, 6.07) is 7.58. The van der Waals surface area contributed by atoms with Crippen molar-refractivity contribution in [2.45, 2.75) is 13.3 Å². The van der Waals surface area contributed by atoms with E-state index in [-0.39, 0.29) is 24.9 Å². The molecule has 110 valence electrons. The van der Waals surface area contributed by atoms with Crippen molar-refractivity contribution < 1.29 is 9.59 Å². The number of halogens is 1. The summed E-state index contributed by atoms with van der Waals surface area (Å²) in [5, 5.41) is 5.62. The average molecular weight is 389 g/mol. The normalized spacial score (nSPS) is 10.4. The number of likely N-dealkylation sites (N-methyl/N-ethyl adjacent to an activating group) is 1. The number of nitrogens with zero attached hydrogens (tertiary/aromatic N) is 1. The van der Waals surface area contributed by atoms with Crippen molar-refractivity contribution in [2.75, 3.05) is 32.0 Å². The summed E-state index contributed by atoms with van der Waals surface area (Å²) in [7, 11) is 1.75. The Morgan fingerprint density at radius 1 is 1.20 bits per heavy atom. The molecule has 1 rings (SSSR count). The molecule has 0 spiro atoms. The fourth-order valence-corrected chi connectivity index (χ4v) is 2.14. The van der Waals surface area contributed by atoms with E-state index in [1.165, 1.54) is 0 Å². The maximum absolute atomic E-state index is 11.9. The van der Waals surface area contributed by atoms with E-state index >= 15 is 0 Å². The number of nitrogens with one attached hydrogen (secondary N) is 2. The van der Waals surface area contributed by atoms with Gasteiger partial charge in [-0.25, -0.2) is 0 Å². The summed E-state index contributed by atoms with van der Waals surface area (Å²) in [6.45, 7) is 3.07. The van der Waals surface area contributed by atoms with Gasteiger partial charge >= 0.3 is 0 Å². The standard InChI is InChI=1S/C14H20IN3O2/c1-3-8-16-13(19)9-18(2)10-14(20)17-12-7-5-4-6-11(12)15/h4-7H,3,8-10H2,1-2H3,(H,16,19)(H,17,20). The third-order valence-corrected chi connectivity index (χ3v) is 3.49. The number of rotatable bonds is 7. The van der Waals surface area contributed by atoms with Gasteiger partial charge in [0.05, 0.1) is 18.8 Å². The lowest BCUT2D eigenvalue weighted by molar-refractivity contribution is -0.122. The fraction of sp³-hybridized carbons (Fsp3) is 0.429. The van der Waals surface area contributed by atoms with E-state index < -0.39 is 0 Å². The topological polar surface area (TPSA) is 61.4 Å². The van der Waals surface area contributed by atoms with Gasteiger partial charge in [0, 0.05) is 10.1 Å². The van der Waals surface area contributed by atoms with Gasteiger partial charge in [0.15, 0.2) is 0 Å². The second-order valence-electron chi connectivity index (χ2n) is 4.55. The number of hydrogen-bond donors (Lipinski definition) is 2. The highest BCUT2D eigenvalue weighted by molar-refractivity contribution is 14.1. The van der Waals surface area contributed by atoms with E-state index in [4.69, 9.17) is 0 Å². The first-order chi connectivity index (χ1) is 9.52. The van der Waals surface area contributed by atoms with Gasteiger partial charge in [0.25, 0.3) is 0 Å². The van der Waals surface area contributed by atoms with Crippen LogP contribution in [0.5, 0.6) is 0 Å². The number of para-hydroxylation sites is 1. The molecule has 0 saturated heterocycles. The minimum Gasteiger partial charge on any atom is -0.355 e. The molecule has 0 heterocycles. The summed E-state index contributed by atoms with van der Waals surface area (Å²) < 4.78 is 0.988. The largest absolute Gasteiger partial charge is 0.355 e. The molecule has 0 saturated carbocycles. The predicted molar refractivity (Wildman–Crippen MR) is 88.6 cm³/mol. The van der Waals surface area contributed by atoms with Crippen molar-refractivity contribution >= 4 is 40.1 Å². The molecule has 20 heavy (non-hydrogen) atoms. The maximum Gasteiger partial charge on any atom is 0.238 e. The first-order valence-electron chi connectivity index (χ1n) is 6.52. The number of amides is 2. The predicted octanol–water partition coefficient (Wildman–Crippen LogP) is 1.69. The number of carbonyl (C=O) groups excluding carboxylic acids is 2. The molecule has 0 aromatic heterocycles. The highest BCUT2D eigenvalue weighted by Gasteiger charge is 2.11. The Hall–Kier alpha value is -1.15. The van der Waals surface area contributed by atoms with Gasteiger partial charge in [-0.1, -0.05) is 19.1 Å². The van der Waals surface area contributed by atoms with Crippen LogP contribution in [0.3, 0.4) is 0 Å². The minimum atomic E-state index is -0.125. The molecule has 0 bridgehead atoms. The van der Waals surface area contributed by atoms with Gasteiger partial charge in [0.1, 0.15) is 0 Å². The number of benzene rings is 1. The molecule has 0 unspecified atom stereocenters. The molecule has 2 amide bonds. The maximum atomic E-state index is 11.9. The van der Waals surface area contributed by atoms with E-state index in [1.807, 2.05) is 31.2 Å². The lowest BCUT2D eigenvalue weighted by Crippen LogP contribution is -2.39. The number of carbonyl (C=O) groups is 2. The van der Waals surface area contributed by atoms with Crippen molar-refractivity contribution in [3.8, 4) is 0 Å². The molecule has 0 aliphatic heterocycles. The summed E-state index contributed by atoms with van der Waals surface area (Å²) in [4.78, 5) is 25.1. The number of anilines is 1. The van der Waals surface area contributed by atoms with Crippen LogP contribution >= 0.6 is 22.6 Å². The highest BCUT2D eigenvalue weighted by Crippen LogP contribution is 2.16. The van der Waals surface area contributed by atoms with Gasteiger partial charge in [-0.15, -0.1) is 0 Å². The third kappa shape index (κ3) is 6.33. The highest BCUT2D eigenvalue weighted by atomic mass is 127. The Labute approximate surface area is 133 Å². The zero-order chi connectivity index (χ0) is 15.0. The Balaban J connectivity index is 2.38. The second-order valence-corrected chi connectivity index (χ2v) is 5.71. The smallest absolute Gasteiger partial charge is 0.238 e. The van der Waals surface area contributed by atoms with Gasteiger partial charge in [0.2, 0.25) is 11.8 Å². The SMILES string of the molecule is CCCNC(=O)CN(C)CC(=O)Nc1ccccc1I. The summed E-state index contributed by atoms with van der Waals surface area (Å²) in [5.41, 5.74) is 0.793. The van der Waals surface area contributed by atoms with Gasteiger partial charge in [-0.3, -0.25) is 14.5 Å². The van der Waals surface area contributed by atoms with Crippen molar-refractivity contribution in [1.82, 2.24) is 10.2 Å². The molecule has 1 aromatic rings. The van der Waals surface area contributed by atoms with Crippen molar-refractivity contribution in [1.29, 1.82) is 0 Å². The quantitative estimate of drug-likeness (QED) is 0.698. The molecule has 5 nitrogen and oxygen atoms in total. The van der Waals surface area contributed by atoms with Crippen LogP contribution in [0.2, 0.25) is 0 Å². The minimum absolute atomic E-state index is 0.0589. The Morgan fingerprint density at radius 2 is 1.85 bits per heavy atom. The van der Waals surface area contributed by atoms with Crippen LogP contribution in [0, 0.1) is 3.57 Å². The van der Waals surface area contributed by atoms with Gasteiger partial charge in [-0.2, -0.15) is 0 Å². The monoisotopic (exact) mass is 389 g/mol. The Kier molecular flexibility index (Phi) is 7.53. The third-order valence-electron chi connectivity index (χ3n) is 2.55. The molecular formula is C14H20IN3O2. The fourth-order valence-electron chi connectivity index (χ4n) is 1.62. The number of hydrogen-bond acceptors (Lipinski definition) is 3. The average Bonchev–Trinajstić information content (AvgIpc) is 2.38. The second kappa shape index (κ2) is 8.91. The summed E-state index contributed by atoms with van der Waals surface area (Å²) in [6.07, 6.45) is 0.905. The lowest BCUT2D eigenvalue weighted by atomic mass is 10.3. The van der Waals surface area contributed by atoms with Crippen molar-refractivity contribution in [3.63, 3.8) is 0 Å². The van der Waals surface area contributed by atoms with E-state index in [0.29, 0.717) is 6.54 Å². The van der Waals surface area contributed by atoms with E-state index in [1.54, 1.807) is 11.9 Å². The molecule has 1 aromatic carbocycles. The van der Waals surface area contributed by atoms with Crippen molar-refractivity contribution in [3.05, 3.63) is 27.8 Å². The van der Waals surface area contributed by atoms with Crippen molar-refractivity contribution in [2.24, 2.45) is 0 Å². The molecule has 2 N–H and O–H groups in total. The Morgan fingerprint density at radius 3 is 2.50 bits per heavy atom. The van der Waals surface area contributed by atoms with Crippen LogP contribution in [0.15, 0.2) is 24.3 Å². The van der Waals surface area contributed by atoms with Crippen LogP contribution < -0.4 is 10.6 Å². The van der Waals surface area contributed by atoms with Crippen LogP contribution in [-0.4, -0.2) is 43.4 Å². The first-order valence-corrected chi connectivity index (χ1v) is 7.60. The molecular weight excluding hydrogens is 369 g/mol. The van der Waals surface area contributed by atoms with E-state index in [0.717, 1.165) is 15.7 Å². The van der Waals surface area contributed by atoms with E-state index in [2.05, 4.69) is 33.2 Å². The van der Waals surface area contributed by atoms with E-state index in [9.17, 15) is 9.59 Å². The van der Waals surface area contributed by atoms with Crippen LogP contribution in [-0.2, 0) is 9.59 Å². The van der Waals surface area contributed by atoms with Crippen LogP contribution in [0.25, 0.3) is 0 Å². The van der Waals surface area contributed by atoms with Crippen LogP contribution in [0.4, 0.5) is 5.69 Å². The first kappa shape index (κ1) is 16.9.